The molecule has 2 N–H and O–H groups in total. The largest absolute Gasteiger partial charge is 0.345 e. The Labute approximate surface area is 161 Å². The fourth-order valence-corrected chi connectivity index (χ4v) is 3.39. The summed E-state index contributed by atoms with van der Waals surface area (Å²) >= 11 is 3.28. The van der Waals surface area contributed by atoms with E-state index < -0.39 is 6.04 Å². The second-order valence-corrected chi connectivity index (χ2v) is 6.98. The van der Waals surface area contributed by atoms with E-state index in [4.69, 9.17) is 0 Å². The average Bonchev–Trinajstić information content (AvgIpc) is 2.61. The van der Waals surface area contributed by atoms with Crippen LogP contribution >= 0.6 is 28.3 Å². The van der Waals surface area contributed by atoms with Gasteiger partial charge in [-0.05, 0) is 37.1 Å². The van der Waals surface area contributed by atoms with Crippen molar-refractivity contribution in [1.82, 2.24) is 10.6 Å². The van der Waals surface area contributed by atoms with Gasteiger partial charge in [0.15, 0.2) is 0 Å². The zero-order valence-corrected chi connectivity index (χ0v) is 16.1. The molecule has 3 nitrogen and oxygen atoms in total. The van der Waals surface area contributed by atoms with Crippen LogP contribution in [0.5, 0.6) is 0 Å². The van der Waals surface area contributed by atoms with Crippen LogP contribution < -0.4 is 10.6 Å². The van der Waals surface area contributed by atoms with E-state index in [2.05, 4.69) is 26.6 Å². The number of halogens is 3. The number of nitrogens with one attached hydrogen (secondary N) is 2. The highest BCUT2D eigenvalue weighted by molar-refractivity contribution is 9.10. The van der Waals surface area contributed by atoms with Crippen LogP contribution in [0, 0.1) is 11.7 Å². The first kappa shape index (κ1) is 19.9. The van der Waals surface area contributed by atoms with Crippen molar-refractivity contribution in [3.05, 3.63) is 69.9 Å². The summed E-state index contributed by atoms with van der Waals surface area (Å²) in [5, 5.41) is 6.29. The van der Waals surface area contributed by atoms with Crippen LogP contribution in [0.25, 0.3) is 0 Å². The molecule has 1 heterocycles. The van der Waals surface area contributed by atoms with Crippen LogP contribution in [0.15, 0.2) is 53.0 Å². The molecule has 1 fully saturated rings. The van der Waals surface area contributed by atoms with Crippen molar-refractivity contribution in [2.45, 2.75) is 18.9 Å². The number of hydrogen-bond acceptors (Lipinski definition) is 2. The Kier molecular flexibility index (Phi) is 7.41. The molecule has 1 amide bonds. The SMILES string of the molecule is Cl.O=C(NC(c1ccccc1)c1ccc(Br)cc1F)C1CCCNC1. The first-order valence-corrected chi connectivity index (χ1v) is 8.95. The van der Waals surface area contributed by atoms with E-state index in [1.807, 2.05) is 30.3 Å². The molecule has 1 saturated heterocycles. The Hall–Kier alpha value is -1.43. The lowest BCUT2D eigenvalue weighted by Crippen LogP contribution is -2.42. The van der Waals surface area contributed by atoms with Crippen LogP contribution in [0.2, 0.25) is 0 Å². The summed E-state index contributed by atoms with van der Waals surface area (Å²) in [6.45, 7) is 1.63. The third-order valence-corrected chi connectivity index (χ3v) is 4.85. The molecule has 0 aromatic heterocycles. The van der Waals surface area contributed by atoms with Crippen LogP contribution in [-0.2, 0) is 4.79 Å². The predicted molar refractivity (Wildman–Crippen MR) is 103 cm³/mol. The van der Waals surface area contributed by atoms with E-state index in [9.17, 15) is 9.18 Å². The maximum absolute atomic E-state index is 14.5. The fraction of sp³-hybridized carbons (Fsp3) is 0.316. The second-order valence-electron chi connectivity index (χ2n) is 6.06. The Morgan fingerprint density at radius 3 is 2.64 bits per heavy atom. The van der Waals surface area contributed by atoms with Crippen LogP contribution in [-0.4, -0.2) is 19.0 Å². The number of benzene rings is 2. The van der Waals surface area contributed by atoms with E-state index in [0.717, 1.165) is 24.9 Å². The molecule has 6 heteroatoms. The molecule has 25 heavy (non-hydrogen) atoms. The highest BCUT2D eigenvalue weighted by atomic mass is 79.9. The first-order chi connectivity index (χ1) is 11.6. The van der Waals surface area contributed by atoms with Gasteiger partial charge in [0.2, 0.25) is 5.91 Å². The van der Waals surface area contributed by atoms with Gasteiger partial charge in [-0.15, -0.1) is 12.4 Å². The van der Waals surface area contributed by atoms with E-state index >= 15 is 0 Å². The third-order valence-electron chi connectivity index (χ3n) is 4.36. The summed E-state index contributed by atoms with van der Waals surface area (Å²) in [5.74, 6) is -0.429. The highest BCUT2D eigenvalue weighted by Gasteiger charge is 2.26. The number of rotatable bonds is 4. The van der Waals surface area contributed by atoms with Crippen LogP contribution in [0.4, 0.5) is 4.39 Å². The minimum Gasteiger partial charge on any atom is -0.345 e. The number of amides is 1. The summed E-state index contributed by atoms with van der Waals surface area (Å²) < 4.78 is 15.2. The van der Waals surface area contributed by atoms with Gasteiger partial charge in [-0.25, -0.2) is 4.39 Å². The van der Waals surface area contributed by atoms with Gasteiger partial charge in [0, 0.05) is 16.6 Å². The summed E-state index contributed by atoms with van der Waals surface area (Å²) in [6.07, 6.45) is 1.85. The van der Waals surface area contributed by atoms with E-state index in [1.165, 1.54) is 6.07 Å². The third kappa shape index (κ3) is 5.03. The van der Waals surface area contributed by atoms with Crippen molar-refractivity contribution in [3.63, 3.8) is 0 Å². The molecule has 2 unspecified atom stereocenters. The van der Waals surface area contributed by atoms with Gasteiger partial charge in [-0.1, -0.05) is 52.3 Å². The molecule has 1 aliphatic rings. The van der Waals surface area contributed by atoms with E-state index in [1.54, 1.807) is 12.1 Å². The number of hydrogen-bond donors (Lipinski definition) is 2. The first-order valence-electron chi connectivity index (χ1n) is 8.16. The predicted octanol–water partition coefficient (Wildman–Crippen LogP) is 4.22. The molecule has 0 spiro atoms. The van der Waals surface area contributed by atoms with Crippen molar-refractivity contribution in [2.75, 3.05) is 13.1 Å². The molecule has 2 aromatic carbocycles. The topological polar surface area (TPSA) is 41.1 Å². The molecule has 0 radical (unpaired) electrons. The maximum atomic E-state index is 14.5. The Morgan fingerprint density at radius 2 is 2.00 bits per heavy atom. The number of carbonyl (C=O) groups is 1. The quantitative estimate of drug-likeness (QED) is 0.767. The standard InChI is InChI=1S/C19H20BrFN2O.ClH/c20-15-8-9-16(17(21)11-15)18(13-5-2-1-3-6-13)23-19(24)14-7-4-10-22-12-14;/h1-3,5-6,8-9,11,14,18,22H,4,7,10,12H2,(H,23,24);1H. The highest BCUT2D eigenvalue weighted by Crippen LogP contribution is 2.27. The van der Waals surface area contributed by atoms with E-state index in [0.29, 0.717) is 16.6 Å². The Bertz CT molecular complexity index is 708. The second kappa shape index (κ2) is 9.32. The van der Waals surface area contributed by atoms with Gasteiger partial charge in [0.05, 0.1) is 12.0 Å². The Balaban J connectivity index is 0.00000225. The molecule has 3 rings (SSSR count). The maximum Gasteiger partial charge on any atom is 0.225 e. The molecule has 2 atom stereocenters. The van der Waals surface area contributed by atoms with Gasteiger partial charge in [-0.2, -0.15) is 0 Å². The van der Waals surface area contributed by atoms with Gasteiger partial charge in [-0.3, -0.25) is 4.79 Å². The average molecular weight is 428 g/mol. The van der Waals surface area contributed by atoms with Gasteiger partial charge < -0.3 is 10.6 Å². The van der Waals surface area contributed by atoms with Crippen molar-refractivity contribution in [3.8, 4) is 0 Å². The molecule has 134 valence electrons. The molecule has 0 aliphatic carbocycles. The number of carbonyl (C=O) groups excluding carboxylic acids is 1. The molecule has 0 bridgehead atoms. The summed E-state index contributed by atoms with van der Waals surface area (Å²) in [5.41, 5.74) is 1.34. The number of piperidine rings is 1. The summed E-state index contributed by atoms with van der Waals surface area (Å²) in [4.78, 5) is 12.7. The lowest BCUT2D eigenvalue weighted by atomic mass is 9.95. The lowest BCUT2D eigenvalue weighted by Gasteiger charge is -2.26. The molecule has 0 saturated carbocycles. The van der Waals surface area contributed by atoms with Gasteiger partial charge in [0.25, 0.3) is 0 Å². The normalized spacial score (nSPS) is 18.1. The summed E-state index contributed by atoms with van der Waals surface area (Å²) in [7, 11) is 0. The van der Waals surface area contributed by atoms with Crippen molar-refractivity contribution < 1.29 is 9.18 Å². The minimum atomic E-state index is -0.492. The Morgan fingerprint density at radius 1 is 1.24 bits per heavy atom. The smallest absolute Gasteiger partial charge is 0.225 e. The van der Waals surface area contributed by atoms with Crippen LogP contribution in [0.1, 0.15) is 30.0 Å². The molecule has 1 aliphatic heterocycles. The van der Waals surface area contributed by atoms with E-state index in [-0.39, 0.29) is 30.0 Å². The van der Waals surface area contributed by atoms with Crippen molar-refractivity contribution >= 4 is 34.2 Å². The molecule has 2 aromatic rings. The fourth-order valence-electron chi connectivity index (χ4n) is 3.06. The van der Waals surface area contributed by atoms with Crippen LogP contribution in [0.3, 0.4) is 0 Å². The van der Waals surface area contributed by atoms with Crippen molar-refractivity contribution in [1.29, 1.82) is 0 Å². The minimum absolute atomic E-state index is 0. The zero-order chi connectivity index (χ0) is 16.9. The zero-order valence-electron chi connectivity index (χ0n) is 13.7. The monoisotopic (exact) mass is 426 g/mol. The van der Waals surface area contributed by atoms with Crippen molar-refractivity contribution in [2.24, 2.45) is 5.92 Å². The lowest BCUT2D eigenvalue weighted by molar-refractivity contribution is -0.126. The molecular formula is C19H21BrClFN2O. The van der Waals surface area contributed by atoms with Gasteiger partial charge >= 0.3 is 0 Å². The molecular weight excluding hydrogens is 407 g/mol. The summed E-state index contributed by atoms with van der Waals surface area (Å²) in [6, 6.07) is 14.0. The van der Waals surface area contributed by atoms with Gasteiger partial charge in [0.1, 0.15) is 5.82 Å².